The zero-order valence-electron chi connectivity index (χ0n) is 19.3. The van der Waals surface area contributed by atoms with Gasteiger partial charge in [-0.1, -0.05) is 24.6 Å². The van der Waals surface area contributed by atoms with Gasteiger partial charge in [-0.25, -0.2) is 9.50 Å². The quantitative estimate of drug-likeness (QED) is 0.277. The third-order valence-electron chi connectivity index (χ3n) is 6.17. The van der Waals surface area contributed by atoms with Crippen LogP contribution in [0, 0.1) is 24.2 Å². The number of hydrogen-bond acceptors (Lipinski definition) is 7. The number of aromatic nitrogens is 3. The summed E-state index contributed by atoms with van der Waals surface area (Å²) in [5.74, 6) is 1.03. The summed E-state index contributed by atoms with van der Waals surface area (Å²) in [4.78, 5) is 30.5. The van der Waals surface area contributed by atoms with E-state index in [1.807, 2.05) is 36.5 Å². The highest BCUT2D eigenvalue weighted by Crippen LogP contribution is 2.30. The van der Waals surface area contributed by atoms with E-state index >= 15 is 0 Å². The molecule has 0 saturated carbocycles. The van der Waals surface area contributed by atoms with Crippen LogP contribution >= 0.6 is 0 Å². The number of carboxylic acid groups (broad SMARTS) is 1. The van der Waals surface area contributed by atoms with E-state index in [0.29, 0.717) is 31.9 Å². The number of esters is 1. The van der Waals surface area contributed by atoms with Crippen molar-refractivity contribution in [3.63, 3.8) is 0 Å². The molecule has 1 aliphatic rings. The number of piperidine rings is 1. The number of carbonyl (C=O) groups is 2. The average Bonchev–Trinajstić information content (AvgIpc) is 3.27. The van der Waals surface area contributed by atoms with Crippen molar-refractivity contribution in [1.82, 2.24) is 19.5 Å². The summed E-state index contributed by atoms with van der Waals surface area (Å²) >= 11 is 0. The Balaban J connectivity index is 1.51. The molecule has 4 rings (SSSR count). The van der Waals surface area contributed by atoms with Crippen LogP contribution in [-0.2, 0) is 20.9 Å². The number of nitrogens with zero attached hydrogens (tertiary/aromatic N) is 4. The second-order valence-electron chi connectivity index (χ2n) is 8.50. The summed E-state index contributed by atoms with van der Waals surface area (Å²) in [7, 11) is 0. The highest BCUT2D eigenvalue weighted by Gasteiger charge is 2.36. The van der Waals surface area contributed by atoms with Crippen molar-refractivity contribution >= 4 is 29.0 Å². The van der Waals surface area contributed by atoms with Crippen LogP contribution in [0.3, 0.4) is 0 Å². The van der Waals surface area contributed by atoms with E-state index in [-0.39, 0.29) is 18.9 Å². The number of rotatable bonds is 9. The Bertz CT molecular complexity index is 1280. The molecule has 1 saturated heterocycles. The molecule has 2 aromatic heterocycles. The summed E-state index contributed by atoms with van der Waals surface area (Å²) in [5, 5.41) is 17.4. The standard InChI is InChI=1S/C26H27N5O4/c1-3-12-35-23(32)14-19-8-10-30(16-22(19)26(33)34)15-20-9-11-31-24(20)25(27-17-28-31)29-21-7-5-6-18(4-2)13-21/h2-3,5-7,9,11,13,17,19,22H,1,8,10,12,14-16H2,(H,33,34)(H,27,28,29)/t19-,22-/m0/s1. The lowest BCUT2D eigenvalue weighted by atomic mass is 9.83. The van der Waals surface area contributed by atoms with E-state index in [2.05, 4.69) is 32.8 Å². The molecule has 3 aromatic rings. The molecule has 9 heteroatoms. The molecule has 35 heavy (non-hydrogen) atoms. The minimum absolute atomic E-state index is 0.0897. The summed E-state index contributed by atoms with van der Waals surface area (Å²) in [6.07, 6.45) is 11.0. The fraction of sp³-hybridized carbons (Fsp3) is 0.308. The number of benzene rings is 1. The Labute approximate surface area is 203 Å². The topological polar surface area (TPSA) is 109 Å². The first-order valence-electron chi connectivity index (χ1n) is 11.3. The first kappa shape index (κ1) is 24.0. The molecule has 0 bridgehead atoms. The second-order valence-corrected chi connectivity index (χ2v) is 8.50. The van der Waals surface area contributed by atoms with Gasteiger partial charge in [0.15, 0.2) is 5.82 Å². The van der Waals surface area contributed by atoms with Crippen LogP contribution in [0.15, 0.2) is 55.5 Å². The molecule has 2 atom stereocenters. The minimum atomic E-state index is -0.906. The number of carboxylic acids is 1. The van der Waals surface area contributed by atoms with Gasteiger partial charge in [0, 0.05) is 37.0 Å². The number of carbonyl (C=O) groups excluding carboxylic acids is 1. The monoisotopic (exact) mass is 473 g/mol. The number of ether oxygens (including phenoxy) is 1. The lowest BCUT2D eigenvalue weighted by Gasteiger charge is -2.36. The van der Waals surface area contributed by atoms with Gasteiger partial charge in [-0.05, 0) is 48.7 Å². The number of aliphatic carboxylic acids is 1. The third kappa shape index (κ3) is 5.67. The first-order chi connectivity index (χ1) is 17.0. The Morgan fingerprint density at radius 1 is 1.37 bits per heavy atom. The van der Waals surface area contributed by atoms with E-state index in [4.69, 9.17) is 11.2 Å². The molecular formula is C26H27N5O4. The summed E-state index contributed by atoms with van der Waals surface area (Å²) < 4.78 is 6.80. The zero-order chi connectivity index (χ0) is 24.8. The lowest BCUT2D eigenvalue weighted by molar-refractivity contribution is -0.150. The molecule has 0 spiro atoms. The van der Waals surface area contributed by atoms with Crippen molar-refractivity contribution < 1.29 is 19.4 Å². The van der Waals surface area contributed by atoms with Crippen molar-refractivity contribution in [2.24, 2.45) is 11.8 Å². The predicted molar refractivity (Wildman–Crippen MR) is 131 cm³/mol. The molecule has 3 heterocycles. The summed E-state index contributed by atoms with van der Waals surface area (Å²) in [6.45, 7) is 5.19. The third-order valence-corrected chi connectivity index (χ3v) is 6.17. The minimum Gasteiger partial charge on any atom is -0.481 e. The van der Waals surface area contributed by atoms with E-state index in [9.17, 15) is 14.7 Å². The Kier molecular flexibility index (Phi) is 7.43. The van der Waals surface area contributed by atoms with Crippen molar-refractivity contribution in [3.05, 3.63) is 66.6 Å². The predicted octanol–water partition coefficient (Wildman–Crippen LogP) is 3.10. The maximum atomic E-state index is 12.0. The van der Waals surface area contributed by atoms with Crippen LogP contribution in [0.2, 0.25) is 0 Å². The normalized spacial score (nSPS) is 18.0. The Morgan fingerprint density at radius 3 is 3.00 bits per heavy atom. The van der Waals surface area contributed by atoms with Crippen molar-refractivity contribution in [1.29, 1.82) is 0 Å². The van der Waals surface area contributed by atoms with Crippen LogP contribution in [0.4, 0.5) is 11.5 Å². The van der Waals surface area contributed by atoms with Gasteiger partial charge in [0.2, 0.25) is 0 Å². The molecule has 2 N–H and O–H groups in total. The molecule has 1 aromatic carbocycles. The number of hydrogen-bond donors (Lipinski definition) is 2. The largest absolute Gasteiger partial charge is 0.481 e. The molecule has 9 nitrogen and oxygen atoms in total. The highest BCUT2D eigenvalue weighted by molar-refractivity contribution is 5.77. The van der Waals surface area contributed by atoms with Crippen LogP contribution in [0.1, 0.15) is 24.0 Å². The van der Waals surface area contributed by atoms with Gasteiger partial charge in [0.25, 0.3) is 0 Å². The highest BCUT2D eigenvalue weighted by atomic mass is 16.5. The zero-order valence-corrected chi connectivity index (χ0v) is 19.3. The van der Waals surface area contributed by atoms with Crippen LogP contribution in [-0.4, -0.2) is 56.2 Å². The fourth-order valence-electron chi connectivity index (χ4n) is 4.46. The number of terminal acetylenes is 1. The SMILES string of the molecule is C#Cc1cccc(Nc2ncnn3ccc(CN4CC[C@@H](CC(=O)OCC=C)[C@@H](C(=O)O)C4)c23)c1. The number of anilines is 2. The molecule has 0 amide bonds. The number of nitrogens with one attached hydrogen (secondary N) is 1. The van der Waals surface area contributed by atoms with Gasteiger partial charge in [-0.15, -0.1) is 6.42 Å². The van der Waals surface area contributed by atoms with Gasteiger partial charge in [0.1, 0.15) is 18.5 Å². The van der Waals surface area contributed by atoms with Crippen LogP contribution in [0.5, 0.6) is 0 Å². The van der Waals surface area contributed by atoms with E-state index in [0.717, 1.165) is 22.3 Å². The maximum Gasteiger partial charge on any atom is 0.308 e. The smallest absolute Gasteiger partial charge is 0.308 e. The summed E-state index contributed by atoms with van der Waals surface area (Å²) in [6, 6.07) is 9.46. The summed E-state index contributed by atoms with van der Waals surface area (Å²) in [5.41, 5.74) is 3.34. The Morgan fingerprint density at radius 2 is 2.23 bits per heavy atom. The average molecular weight is 474 g/mol. The van der Waals surface area contributed by atoms with Crippen molar-refractivity contribution in [3.8, 4) is 12.3 Å². The van der Waals surface area contributed by atoms with Gasteiger partial charge in [-0.3, -0.25) is 14.5 Å². The van der Waals surface area contributed by atoms with Crippen LogP contribution in [0.25, 0.3) is 5.52 Å². The number of fused-ring (bicyclic) bond motifs is 1. The molecule has 1 fully saturated rings. The van der Waals surface area contributed by atoms with Crippen molar-refractivity contribution in [2.45, 2.75) is 19.4 Å². The van der Waals surface area contributed by atoms with Gasteiger partial charge < -0.3 is 15.2 Å². The maximum absolute atomic E-state index is 12.0. The Hall–Kier alpha value is -4.16. The molecule has 0 aliphatic carbocycles. The van der Waals surface area contributed by atoms with Crippen molar-refractivity contribution in [2.75, 3.05) is 25.0 Å². The van der Waals surface area contributed by atoms with E-state index in [1.165, 1.54) is 12.4 Å². The van der Waals surface area contributed by atoms with E-state index < -0.39 is 17.9 Å². The van der Waals surface area contributed by atoms with E-state index in [1.54, 1.807) is 4.52 Å². The van der Waals surface area contributed by atoms with Gasteiger partial charge in [-0.2, -0.15) is 5.10 Å². The molecular weight excluding hydrogens is 446 g/mol. The van der Waals surface area contributed by atoms with Crippen LogP contribution < -0.4 is 5.32 Å². The lowest BCUT2D eigenvalue weighted by Crippen LogP contribution is -2.44. The molecule has 180 valence electrons. The van der Waals surface area contributed by atoms with Gasteiger partial charge in [0.05, 0.1) is 5.92 Å². The second kappa shape index (κ2) is 10.8. The molecule has 0 unspecified atom stereocenters. The molecule has 1 aliphatic heterocycles. The first-order valence-corrected chi connectivity index (χ1v) is 11.3. The molecule has 0 radical (unpaired) electrons. The number of likely N-dealkylation sites (tertiary alicyclic amines) is 1. The van der Waals surface area contributed by atoms with Gasteiger partial charge >= 0.3 is 11.9 Å². The fourth-order valence-corrected chi connectivity index (χ4v) is 4.46.